The van der Waals surface area contributed by atoms with Crippen LogP contribution in [0.25, 0.3) is 5.82 Å². The van der Waals surface area contributed by atoms with Gasteiger partial charge in [0, 0.05) is 24.0 Å². The number of hydrogen-bond acceptors (Lipinski definition) is 6. The molecule has 8 nitrogen and oxygen atoms in total. The van der Waals surface area contributed by atoms with Gasteiger partial charge in [-0.25, -0.2) is 13.8 Å². The summed E-state index contributed by atoms with van der Waals surface area (Å²) in [6.45, 7) is -0.923. The van der Waals surface area contributed by atoms with Crippen molar-refractivity contribution in [3.8, 4) is 5.82 Å². The average Bonchev–Trinajstić information content (AvgIpc) is 3.18. The molecule has 0 spiro atoms. The summed E-state index contributed by atoms with van der Waals surface area (Å²) in [6.07, 6.45) is 4.68. The molecule has 132 valence electrons. The maximum Gasteiger partial charge on any atom is 0.276 e. The van der Waals surface area contributed by atoms with Gasteiger partial charge in [-0.1, -0.05) is 0 Å². The van der Waals surface area contributed by atoms with E-state index in [0.717, 1.165) is 0 Å². The van der Waals surface area contributed by atoms with Crippen LogP contribution < -0.4 is 5.32 Å². The highest BCUT2D eigenvalue weighted by atomic mass is 19.2. The lowest BCUT2D eigenvalue weighted by molar-refractivity contribution is 0.0904. The second-order valence-corrected chi connectivity index (χ2v) is 5.09. The highest BCUT2D eigenvalue weighted by Gasteiger charge is 2.18. The van der Waals surface area contributed by atoms with Gasteiger partial charge in [0.1, 0.15) is 12.9 Å². The summed E-state index contributed by atoms with van der Waals surface area (Å²) in [6, 6.07) is 4.14. The molecule has 0 fully saturated rings. The van der Waals surface area contributed by atoms with Crippen molar-refractivity contribution in [1.82, 2.24) is 19.7 Å². The molecule has 0 radical (unpaired) electrons. The Kier molecular flexibility index (Phi) is 4.76. The Balaban J connectivity index is 1.86. The molecule has 0 aliphatic heterocycles. The van der Waals surface area contributed by atoms with Crippen molar-refractivity contribution in [1.29, 1.82) is 0 Å². The Hall–Kier alpha value is -3.53. The van der Waals surface area contributed by atoms with E-state index < -0.39 is 29.9 Å². The minimum absolute atomic E-state index is 0.110. The topological polar surface area (TPSA) is 110 Å². The third-order valence-corrected chi connectivity index (χ3v) is 3.40. The summed E-state index contributed by atoms with van der Waals surface area (Å²) in [7, 11) is 0. The number of aliphatic hydroxyl groups is 1. The molecule has 0 bridgehead atoms. The summed E-state index contributed by atoms with van der Waals surface area (Å²) in [4.78, 5) is 27.8. The molecule has 0 aliphatic rings. The fraction of sp³-hybridized carbons (Fsp3) is 0.0625. The van der Waals surface area contributed by atoms with Crippen LogP contribution in [-0.2, 0) is 0 Å². The van der Waals surface area contributed by atoms with Gasteiger partial charge < -0.3 is 10.4 Å². The number of rotatable bonds is 5. The first-order valence-electron chi connectivity index (χ1n) is 7.26. The van der Waals surface area contributed by atoms with Gasteiger partial charge in [0.2, 0.25) is 0 Å². The van der Waals surface area contributed by atoms with Crippen LogP contribution in [0.2, 0.25) is 0 Å². The lowest BCUT2D eigenvalue weighted by Gasteiger charge is -2.10. The molecule has 26 heavy (non-hydrogen) atoms. The van der Waals surface area contributed by atoms with Crippen LogP contribution in [0, 0.1) is 11.6 Å². The molecule has 2 aromatic heterocycles. The van der Waals surface area contributed by atoms with Crippen molar-refractivity contribution >= 4 is 17.4 Å². The number of hydrogen-bond donors (Lipinski definition) is 2. The highest BCUT2D eigenvalue weighted by molar-refractivity contribution is 6.09. The number of aromatic nitrogens is 4. The SMILES string of the molecule is O=C(Nc1cc(F)c(F)cc1C(=O)CO)c1ccc(-n2ccnc2)nn1. The lowest BCUT2D eigenvalue weighted by Crippen LogP contribution is -2.18. The number of Topliss-reactive ketones (excluding diaryl/α,β-unsaturated/α-hetero) is 1. The number of ketones is 1. The van der Waals surface area contributed by atoms with E-state index in [1.165, 1.54) is 18.5 Å². The summed E-state index contributed by atoms with van der Waals surface area (Å²) in [5, 5.41) is 18.8. The third-order valence-electron chi connectivity index (χ3n) is 3.40. The third kappa shape index (κ3) is 3.44. The number of carbonyl (C=O) groups is 2. The molecule has 0 unspecified atom stereocenters. The number of halogens is 2. The van der Waals surface area contributed by atoms with Crippen molar-refractivity contribution in [2.75, 3.05) is 11.9 Å². The normalized spacial score (nSPS) is 10.6. The molecule has 0 atom stereocenters. The summed E-state index contributed by atoms with van der Waals surface area (Å²) < 4.78 is 28.4. The number of amides is 1. The van der Waals surface area contributed by atoms with Crippen LogP contribution in [0.4, 0.5) is 14.5 Å². The van der Waals surface area contributed by atoms with E-state index in [9.17, 15) is 18.4 Å². The van der Waals surface area contributed by atoms with Gasteiger partial charge in [-0.15, -0.1) is 10.2 Å². The monoisotopic (exact) mass is 359 g/mol. The number of aliphatic hydroxyl groups excluding tert-OH is 1. The van der Waals surface area contributed by atoms with Gasteiger partial charge in [0.25, 0.3) is 5.91 Å². The first kappa shape index (κ1) is 17.3. The van der Waals surface area contributed by atoms with Crippen LogP contribution in [0.1, 0.15) is 20.8 Å². The zero-order valence-electron chi connectivity index (χ0n) is 13.1. The molecule has 3 rings (SSSR count). The van der Waals surface area contributed by atoms with Crippen LogP contribution in [0.3, 0.4) is 0 Å². The number of benzene rings is 1. The van der Waals surface area contributed by atoms with E-state index >= 15 is 0 Å². The Morgan fingerprint density at radius 3 is 2.54 bits per heavy atom. The Labute approximate surface area is 145 Å². The van der Waals surface area contributed by atoms with Gasteiger partial charge in [-0.05, 0) is 18.2 Å². The molecule has 0 saturated heterocycles. The van der Waals surface area contributed by atoms with E-state index in [1.54, 1.807) is 17.0 Å². The van der Waals surface area contributed by atoms with Gasteiger partial charge in [-0.3, -0.25) is 14.2 Å². The number of imidazole rings is 1. The van der Waals surface area contributed by atoms with Crippen molar-refractivity contribution in [3.63, 3.8) is 0 Å². The summed E-state index contributed by atoms with van der Waals surface area (Å²) in [5.74, 6) is -3.77. The molecule has 10 heteroatoms. The van der Waals surface area contributed by atoms with E-state index in [4.69, 9.17) is 5.11 Å². The maximum absolute atomic E-state index is 13.5. The maximum atomic E-state index is 13.5. The number of nitrogens with one attached hydrogen (secondary N) is 1. The Morgan fingerprint density at radius 2 is 1.92 bits per heavy atom. The van der Waals surface area contributed by atoms with Gasteiger partial charge in [-0.2, -0.15) is 0 Å². The fourth-order valence-electron chi connectivity index (χ4n) is 2.13. The molecule has 3 aromatic rings. The molecule has 2 N–H and O–H groups in total. The Bertz CT molecular complexity index is 959. The van der Waals surface area contributed by atoms with Crippen molar-refractivity contribution < 1.29 is 23.5 Å². The first-order chi connectivity index (χ1) is 12.5. The summed E-state index contributed by atoms with van der Waals surface area (Å²) >= 11 is 0. The smallest absolute Gasteiger partial charge is 0.276 e. The van der Waals surface area contributed by atoms with Crippen LogP contribution in [0.5, 0.6) is 0 Å². The van der Waals surface area contributed by atoms with Gasteiger partial charge >= 0.3 is 0 Å². The molecule has 0 saturated carbocycles. The van der Waals surface area contributed by atoms with Crippen LogP contribution >= 0.6 is 0 Å². The van der Waals surface area contributed by atoms with E-state index in [0.29, 0.717) is 18.0 Å². The van der Waals surface area contributed by atoms with Crippen LogP contribution in [-0.4, -0.2) is 43.2 Å². The molecule has 0 aliphatic carbocycles. The van der Waals surface area contributed by atoms with E-state index in [2.05, 4.69) is 20.5 Å². The molecule has 2 heterocycles. The Morgan fingerprint density at radius 1 is 1.15 bits per heavy atom. The zero-order chi connectivity index (χ0) is 18.7. The second-order valence-electron chi connectivity index (χ2n) is 5.09. The van der Waals surface area contributed by atoms with Gasteiger partial charge in [0.15, 0.2) is 28.9 Å². The second kappa shape index (κ2) is 7.15. The minimum Gasteiger partial charge on any atom is -0.388 e. The largest absolute Gasteiger partial charge is 0.388 e. The molecule has 1 amide bonds. The molecular weight excluding hydrogens is 348 g/mol. The van der Waals surface area contributed by atoms with Crippen molar-refractivity contribution in [2.24, 2.45) is 0 Å². The summed E-state index contributed by atoms with van der Waals surface area (Å²) in [5.41, 5.74) is -0.753. The predicted octanol–water partition coefficient (Wildman–Crippen LogP) is 1.37. The number of nitrogens with zero attached hydrogens (tertiary/aromatic N) is 4. The number of anilines is 1. The fourth-order valence-corrected chi connectivity index (χ4v) is 2.13. The van der Waals surface area contributed by atoms with Crippen molar-refractivity contribution in [3.05, 3.63) is 65.9 Å². The van der Waals surface area contributed by atoms with E-state index in [-0.39, 0.29) is 16.9 Å². The molecular formula is C16H11F2N5O3. The molecule has 1 aromatic carbocycles. The lowest BCUT2D eigenvalue weighted by atomic mass is 10.1. The first-order valence-corrected chi connectivity index (χ1v) is 7.26. The minimum atomic E-state index is -1.27. The standard InChI is InChI=1S/C16H11F2N5O3/c17-10-5-9(14(25)7-24)13(6-11(10)18)20-16(26)12-1-2-15(22-21-12)23-4-3-19-8-23/h1-6,8,24H,7H2,(H,20,26). The van der Waals surface area contributed by atoms with Crippen molar-refractivity contribution in [2.45, 2.75) is 0 Å². The van der Waals surface area contributed by atoms with Gasteiger partial charge in [0.05, 0.1) is 5.69 Å². The van der Waals surface area contributed by atoms with Crippen LogP contribution in [0.15, 0.2) is 43.0 Å². The zero-order valence-corrected chi connectivity index (χ0v) is 13.1. The average molecular weight is 359 g/mol. The van der Waals surface area contributed by atoms with E-state index in [1.807, 2.05) is 0 Å². The predicted molar refractivity (Wildman–Crippen MR) is 84.9 cm³/mol. The quantitative estimate of drug-likeness (QED) is 0.666. The number of carbonyl (C=O) groups excluding carboxylic acids is 2. The highest BCUT2D eigenvalue weighted by Crippen LogP contribution is 2.21.